The van der Waals surface area contributed by atoms with E-state index in [1.54, 1.807) is 6.07 Å². The highest BCUT2D eigenvalue weighted by Crippen LogP contribution is 2.22. The van der Waals surface area contributed by atoms with Crippen LogP contribution in [0.4, 0.5) is 5.69 Å². The normalized spacial score (nSPS) is 10.9. The standard InChI is InChI=1S/C21H28N4O.HI/c1-4-16-10-8-11-17(5-2)19(16)25-21(22)24-14-15-9-7-12-18(13-15)20(26)23-6-3;/h7-13H,4-6,14H2,1-3H3,(H,23,26)(H3,22,24,25);1H. The predicted molar refractivity (Wildman–Crippen MR) is 124 cm³/mol. The van der Waals surface area contributed by atoms with Crippen molar-refractivity contribution >= 4 is 41.5 Å². The number of nitrogens with two attached hydrogens (primary N) is 1. The van der Waals surface area contributed by atoms with E-state index in [-0.39, 0.29) is 29.9 Å². The highest BCUT2D eigenvalue weighted by molar-refractivity contribution is 14.0. The number of nitrogens with zero attached hydrogens (tertiary/aromatic N) is 1. The number of para-hydroxylation sites is 1. The van der Waals surface area contributed by atoms with Gasteiger partial charge in [0.05, 0.1) is 6.54 Å². The third-order valence-electron chi connectivity index (χ3n) is 4.21. The first-order valence-electron chi connectivity index (χ1n) is 9.13. The molecule has 1 amide bonds. The first kappa shape index (κ1) is 23.0. The lowest BCUT2D eigenvalue weighted by molar-refractivity contribution is 0.0955. The lowest BCUT2D eigenvalue weighted by atomic mass is 10.0. The van der Waals surface area contributed by atoms with E-state index in [1.165, 1.54) is 11.1 Å². The fourth-order valence-corrected chi connectivity index (χ4v) is 2.82. The molecule has 4 N–H and O–H groups in total. The molecule has 146 valence electrons. The number of hydrogen-bond donors (Lipinski definition) is 3. The zero-order valence-electron chi connectivity index (χ0n) is 16.2. The topological polar surface area (TPSA) is 79.5 Å². The number of carbonyl (C=O) groups excluding carboxylic acids is 1. The molecule has 0 radical (unpaired) electrons. The zero-order valence-corrected chi connectivity index (χ0v) is 18.5. The summed E-state index contributed by atoms with van der Waals surface area (Å²) >= 11 is 0. The Morgan fingerprint density at radius 3 is 2.26 bits per heavy atom. The van der Waals surface area contributed by atoms with E-state index in [0.717, 1.165) is 24.1 Å². The molecule has 0 aromatic heterocycles. The highest BCUT2D eigenvalue weighted by atomic mass is 127. The van der Waals surface area contributed by atoms with Crippen molar-refractivity contribution in [1.82, 2.24) is 5.32 Å². The number of anilines is 1. The number of nitrogens with one attached hydrogen (secondary N) is 2. The highest BCUT2D eigenvalue weighted by Gasteiger charge is 2.08. The average molecular weight is 480 g/mol. The van der Waals surface area contributed by atoms with Crippen LogP contribution in [-0.2, 0) is 19.4 Å². The van der Waals surface area contributed by atoms with Crippen LogP contribution in [0.5, 0.6) is 0 Å². The second-order valence-electron chi connectivity index (χ2n) is 6.04. The van der Waals surface area contributed by atoms with Crippen molar-refractivity contribution < 1.29 is 4.79 Å². The van der Waals surface area contributed by atoms with Crippen LogP contribution in [0, 0.1) is 0 Å². The fourth-order valence-electron chi connectivity index (χ4n) is 2.82. The van der Waals surface area contributed by atoms with Crippen molar-refractivity contribution in [3.63, 3.8) is 0 Å². The Labute approximate surface area is 178 Å². The molecule has 0 heterocycles. The quantitative estimate of drug-likeness (QED) is 0.317. The van der Waals surface area contributed by atoms with Crippen molar-refractivity contribution in [3.05, 3.63) is 64.7 Å². The van der Waals surface area contributed by atoms with Crippen molar-refractivity contribution in [2.45, 2.75) is 40.2 Å². The molecule has 0 bridgehead atoms. The van der Waals surface area contributed by atoms with Crippen molar-refractivity contribution in [1.29, 1.82) is 0 Å². The minimum atomic E-state index is -0.0751. The van der Waals surface area contributed by atoms with Crippen LogP contribution in [0.3, 0.4) is 0 Å². The van der Waals surface area contributed by atoms with Gasteiger partial charge in [-0.1, -0.05) is 44.2 Å². The SMILES string of the molecule is CCNC(=O)c1cccc(CN=C(N)Nc2c(CC)cccc2CC)c1.I. The second kappa shape index (κ2) is 11.6. The molecule has 0 saturated carbocycles. The largest absolute Gasteiger partial charge is 0.370 e. The third-order valence-corrected chi connectivity index (χ3v) is 4.21. The lowest BCUT2D eigenvalue weighted by Gasteiger charge is -2.15. The van der Waals surface area contributed by atoms with Crippen LogP contribution in [0.2, 0.25) is 0 Å². The first-order valence-corrected chi connectivity index (χ1v) is 9.13. The van der Waals surface area contributed by atoms with E-state index in [4.69, 9.17) is 5.73 Å². The summed E-state index contributed by atoms with van der Waals surface area (Å²) in [4.78, 5) is 16.4. The summed E-state index contributed by atoms with van der Waals surface area (Å²) in [6.45, 7) is 7.17. The Balaban J connectivity index is 0.00000364. The second-order valence-corrected chi connectivity index (χ2v) is 6.04. The molecule has 0 atom stereocenters. The number of benzene rings is 2. The van der Waals surface area contributed by atoms with Crippen LogP contribution < -0.4 is 16.4 Å². The molecule has 0 spiro atoms. The zero-order chi connectivity index (χ0) is 18.9. The van der Waals surface area contributed by atoms with Crippen LogP contribution in [0.25, 0.3) is 0 Å². The number of aliphatic imine (C=N–C) groups is 1. The van der Waals surface area contributed by atoms with Gasteiger partial charge in [0.1, 0.15) is 0 Å². The van der Waals surface area contributed by atoms with E-state index in [1.807, 2.05) is 25.1 Å². The molecular weight excluding hydrogens is 451 g/mol. The van der Waals surface area contributed by atoms with Gasteiger partial charge in [-0.25, -0.2) is 4.99 Å². The Morgan fingerprint density at radius 1 is 1.04 bits per heavy atom. The van der Waals surface area contributed by atoms with Crippen LogP contribution in [0.15, 0.2) is 47.5 Å². The van der Waals surface area contributed by atoms with Crippen molar-refractivity contribution in [2.75, 3.05) is 11.9 Å². The van der Waals surface area contributed by atoms with Gasteiger partial charge in [-0.05, 0) is 48.6 Å². The number of rotatable bonds is 7. The van der Waals surface area contributed by atoms with Crippen molar-refractivity contribution in [2.24, 2.45) is 10.7 Å². The molecular formula is C21H29IN4O. The maximum absolute atomic E-state index is 11.9. The molecule has 0 aliphatic heterocycles. The molecule has 0 aliphatic carbocycles. The van der Waals surface area contributed by atoms with Gasteiger partial charge in [0.2, 0.25) is 0 Å². The Bertz CT molecular complexity index is 767. The van der Waals surface area contributed by atoms with Gasteiger partial charge in [0.25, 0.3) is 5.91 Å². The lowest BCUT2D eigenvalue weighted by Crippen LogP contribution is -2.24. The van der Waals surface area contributed by atoms with E-state index in [0.29, 0.717) is 24.6 Å². The molecule has 2 aromatic carbocycles. The van der Waals surface area contributed by atoms with E-state index in [9.17, 15) is 4.79 Å². The van der Waals surface area contributed by atoms with E-state index in [2.05, 4.69) is 47.7 Å². The van der Waals surface area contributed by atoms with Gasteiger partial charge in [-0.15, -0.1) is 24.0 Å². The Morgan fingerprint density at radius 2 is 1.67 bits per heavy atom. The number of hydrogen-bond acceptors (Lipinski definition) is 2. The molecule has 0 unspecified atom stereocenters. The molecule has 0 aliphatic rings. The van der Waals surface area contributed by atoms with E-state index < -0.39 is 0 Å². The molecule has 2 rings (SSSR count). The molecule has 27 heavy (non-hydrogen) atoms. The van der Waals surface area contributed by atoms with Gasteiger partial charge in [0, 0.05) is 17.8 Å². The number of aryl methyl sites for hydroxylation is 2. The monoisotopic (exact) mass is 480 g/mol. The minimum Gasteiger partial charge on any atom is -0.370 e. The smallest absolute Gasteiger partial charge is 0.251 e. The first-order chi connectivity index (χ1) is 12.6. The molecule has 0 fully saturated rings. The summed E-state index contributed by atoms with van der Waals surface area (Å²) in [5.41, 5.74) is 11.2. The number of halogens is 1. The van der Waals surface area contributed by atoms with E-state index >= 15 is 0 Å². The predicted octanol–water partition coefficient (Wildman–Crippen LogP) is 4.11. The van der Waals surface area contributed by atoms with Crippen molar-refractivity contribution in [3.8, 4) is 0 Å². The van der Waals surface area contributed by atoms with Gasteiger partial charge in [0.15, 0.2) is 5.96 Å². The average Bonchev–Trinajstić information content (AvgIpc) is 2.67. The molecule has 6 heteroatoms. The Hall–Kier alpha value is -2.09. The minimum absolute atomic E-state index is 0. The maximum Gasteiger partial charge on any atom is 0.251 e. The molecule has 5 nitrogen and oxygen atoms in total. The number of guanidine groups is 1. The van der Waals surface area contributed by atoms with Gasteiger partial charge >= 0.3 is 0 Å². The number of carbonyl (C=O) groups is 1. The number of amides is 1. The molecule has 0 saturated heterocycles. The Kier molecular flexibility index (Phi) is 9.85. The summed E-state index contributed by atoms with van der Waals surface area (Å²) in [6, 6.07) is 13.7. The maximum atomic E-state index is 11.9. The van der Waals surface area contributed by atoms with Gasteiger partial charge in [-0.2, -0.15) is 0 Å². The van der Waals surface area contributed by atoms with Crippen LogP contribution >= 0.6 is 24.0 Å². The van der Waals surface area contributed by atoms with Crippen LogP contribution in [-0.4, -0.2) is 18.4 Å². The summed E-state index contributed by atoms with van der Waals surface area (Å²) < 4.78 is 0. The summed E-state index contributed by atoms with van der Waals surface area (Å²) in [6.07, 6.45) is 1.86. The van der Waals surface area contributed by atoms with Gasteiger partial charge in [-0.3, -0.25) is 4.79 Å². The molecule has 2 aromatic rings. The summed E-state index contributed by atoms with van der Waals surface area (Å²) in [5.74, 6) is 0.304. The summed E-state index contributed by atoms with van der Waals surface area (Å²) in [7, 11) is 0. The third kappa shape index (κ3) is 6.53. The van der Waals surface area contributed by atoms with Crippen LogP contribution in [0.1, 0.15) is 47.8 Å². The van der Waals surface area contributed by atoms with Gasteiger partial charge < -0.3 is 16.4 Å². The summed E-state index contributed by atoms with van der Waals surface area (Å²) in [5, 5.41) is 6.06. The fraction of sp³-hybridized carbons (Fsp3) is 0.333.